The Kier molecular flexibility index (Phi) is 3.30. The summed E-state index contributed by atoms with van der Waals surface area (Å²) in [4.78, 5) is 23.8. The van der Waals surface area contributed by atoms with E-state index in [0.717, 1.165) is 29.6 Å². The van der Waals surface area contributed by atoms with Gasteiger partial charge in [0.15, 0.2) is 0 Å². The van der Waals surface area contributed by atoms with E-state index in [2.05, 4.69) is 23.0 Å². The monoisotopic (exact) mass is 303 g/mol. The van der Waals surface area contributed by atoms with Crippen LogP contribution in [0, 0.1) is 0 Å². The maximum Gasteiger partial charge on any atom is 0.278 e. The summed E-state index contributed by atoms with van der Waals surface area (Å²) in [7, 11) is 0. The van der Waals surface area contributed by atoms with Gasteiger partial charge in [0.2, 0.25) is 0 Å². The van der Waals surface area contributed by atoms with Gasteiger partial charge >= 0.3 is 0 Å². The minimum absolute atomic E-state index is 0.0806. The van der Waals surface area contributed by atoms with Gasteiger partial charge in [0, 0.05) is 11.7 Å². The summed E-state index contributed by atoms with van der Waals surface area (Å²) in [6.45, 7) is 2.09. The average molecular weight is 303 g/mol. The molecule has 4 nitrogen and oxygen atoms in total. The molecule has 0 saturated carbocycles. The molecular weight excluding hydrogens is 286 g/mol. The molecule has 0 radical (unpaired) electrons. The second-order valence-corrected chi connectivity index (χ2v) is 5.94. The lowest BCUT2D eigenvalue weighted by atomic mass is 9.96. The number of aryl methyl sites for hydroxylation is 1. The van der Waals surface area contributed by atoms with Crippen molar-refractivity contribution < 1.29 is 4.79 Å². The van der Waals surface area contributed by atoms with E-state index in [-0.39, 0.29) is 11.9 Å². The summed E-state index contributed by atoms with van der Waals surface area (Å²) in [5.41, 5.74) is 4.15. The summed E-state index contributed by atoms with van der Waals surface area (Å²) in [5, 5.41) is 0. The maximum absolute atomic E-state index is 13.0. The molecule has 0 bridgehead atoms. The summed E-state index contributed by atoms with van der Waals surface area (Å²) in [6, 6.07) is 15.9. The molecule has 0 saturated heterocycles. The molecule has 4 rings (SSSR count). The van der Waals surface area contributed by atoms with Crippen LogP contribution in [0.3, 0.4) is 0 Å². The van der Waals surface area contributed by atoms with Gasteiger partial charge in [-0.1, -0.05) is 30.3 Å². The van der Waals surface area contributed by atoms with Crippen molar-refractivity contribution in [1.82, 2.24) is 9.97 Å². The molecule has 1 aliphatic heterocycles. The van der Waals surface area contributed by atoms with Crippen molar-refractivity contribution in [1.29, 1.82) is 0 Å². The van der Waals surface area contributed by atoms with E-state index in [1.807, 2.05) is 47.4 Å². The van der Waals surface area contributed by atoms with Crippen LogP contribution in [0.25, 0.3) is 11.0 Å². The third-order valence-electron chi connectivity index (χ3n) is 4.41. The Labute approximate surface area is 134 Å². The normalized spacial score (nSPS) is 17.1. The van der Waals surface area contributed by atoms with E-state index in [1.54, 1.807) is 6.20 Å². The summed E-state index contributed by atoms with van der Waals surface area (Å²) in [6.07, 6.45) is 3.54. The van der Waals surface area contributed by atoms with E-state index in [9.17, 15) is 4.79 Å². The molecule has 0 aliphatic carbocycles. The lowest BCUT2D eigenvalue weighted by Gasteiger charge is -2.35. The van der Waals surface area contributed by atoms with Gasteiger partial charge in [0.05, 0.1) is 17.2 Å². The van der Waals surface area contributed by atoms with Crippen molar-refractivity contribution >= 4 is 22.6 Å². The number of aromatic nitrogens is 2. The van der Waals surface area contributed by atoms with Crippen molar-refractivity contribution in [2.75, 3.05) is 4.90 Å². The zero-order chi connectivity index (χ0) is 15.8. The highest BCUT2D eigenvalue weighted by molar-refractivity contribution is 6.06. The fraction of sp³-hybridized carbons (Fsp3) is 0.211. The number of anilines is 1. The molecule has 0 N–H and O–H groups in total. The number of rotatable bonds is 1. The Morgan fingerprint density at radius 3 is 2.70 bits per heavy atom. The second kappa shape index (κ2) is 5.47. The van der Waals surface area contributed by atoms with Crippen molar-refractivity contribution in [3.63, 3.8) is 0 Å². The number of benzene rings is 2. The van der Waals surface area contributed by atoms with Crippen LogP contribution in [0.1, 0.15) is 29.4 Å². The van der Waals surface area contributed by atoms with Crippen LogP contribution >= 0.6 is 0 Å². The number of hydrogen-bond acceptors (Lipinski definition) is 3. The average Bonchev–Trinajstić information content (AvgIpc) is 2.60. The Morgan fingerprint density at radius 2 is 1.83 bits per heavy atom. The highest BCUT2D eigenvalue weighted by Gasteiger charge is 2.29. The highest BCUT2D eigenvalue weighted by Crippen LogP contribution is 2.31. The molecule has 23 heavy (non-hydrogen) atoms. The molecule has 0 spiro atoms. The Hall–Kier alpha value is -2.75. The van der Waals surface area contributed by atoms with E-state index in [4.69, 9.17) is 0 Å². The molecule has 1 atom stereocenters. The van der Waals surface area contributed by atoms with E-state index >= 15 is 0 Å². The van der Waals surface area contributed by atoms with Crippen LogP contribution in [0.4, 0.5) is 5.69 Å². The minimum Gasteiger partial charge on any atom is -0.304 e. The lowest BCUT2D eigenvalue weighted by molar-refractivity contribution is 0.0970. The fourth-order valence-corrected chi connectivity index (χ4v) is 3.18. The van der Waals surface area contributed by atoms with Crippen LogP contribution in [-0.4, -0.2) is 21.9 Å². The van der Waals surface area contributed by atoms with Gasteiger partial charge < -0.3 is 4.90 Å². The quantitative estimate of drug-likeness (QED) is 0.690. The zero-order valence-corrected chi connectivity index (χ0v) is 12.9. The number of hydrogen-bond donors (Lipinski definition) is 0. The van der Waals surface area contributed by atoms with Crippen LogP contribution in [0.5, 0.6) is 0 Å². The first-order valence-electron chi connectivity index (χ1n) is 7.87. The van der Waals surface area contributed by atoms with Crippen LogP contribution in [-0.2, 0) is 6.42 Å². The predicted molar refractivity (Wildman–Crippen MR) is 90.6 cm³/mol. The Bertz CT molecular complexity index is 890. The van der Waals surface area contributed by atoms with Gasteiger partial charge in [0.1, 0.15) is 5.69 Å². The smallest absolute Gasteiger partial charge is 0.278 e. The molecule has 2 heterocycles. The summed E-state index contributed by atoms with van der Waals surface area (Å²) >= 11 is 0. The predicted octanol–water partition coefficient (Wildman–Crippen LogP) is 3.61. The largest absolute Gasteiger partial charge is 0.304 e. The van der Waals surface area contributed by atoms with E-state index in [0.29, 0.717) is 5.69 Å². The molecule has 114 valence electrons. The third-order valence-corrected chi connectivity index (χ3v) is 4.41. The molecule has 0 fully saturated rings. The molecule has 4 heteroatoms. The third kappa shape index (κ3) is 2.36. The Morgan fingerprint density at radius 1 is 1.09 bits per heavy atom. The topological polar surface area (TPSA) is 46.1 Å². The van der Waals surface area contributed by atoms with Gasteiger partial charge in [-0.3, -0.25) is 9.78 Å². The van der Waals surface area contributed by atoms with Crippen molar-refractivity contribution in [3.05, 3.63) is 66.0 Å². The van der Waals surface area contributed by atoms with E-state index < -0.39 is 0 Å². The summed E-state index contributed by atoms with van der Waals surface area (Å²) in [5.74, 6) is -0.0806. The first-order chi connectivity index (χ1) is 11.2. The molecular formula is C19H17N3O. The minimum atomic E-state index is -0.0806. The number of fused-ring (bicyclic) bond motifs is 2. The zero-order valence-electron chi connectivity index (χ0n) is 12.9. The highest BCUT2D eigenvalue weighted by atomic mass is 16.2. The maximum atomic E-state index is 13.0. The SMILES string of the molecule is C[C@@H]1CCc2ccccc2N1C(=O)c1cnc2ccccc2n1. The first-order valence-corrected chi connectivity index (χ1v) is 7.87. The number of amides is 1. The van der Waals surface area contributed by atoms with Gasteiger partial charge in [-0.05, 0) is 43.5 Å². The molecule has 3 aromatic rings. The van der Waals surface area contributed by atoms with Crippen LogP contribution in [0.2, 0.25) is 0 Å². The molecule has 0 unspecified atom stereocenters. The number of carbonyl (C=O) groups is 1. The van der Waals surface area contributed by atoms with Crippen molar-refractivity contribution in [2.24, 2.45) is 0 Å². The number of carbonyl (C=O) groups excluding carboxylic acids is 1. The second-order valence-electron chi connectivity index (χ2n) is 5.94. The van der Waals surface area contributed by atoms with Crippen LogP contribution < -0.4 is 4.90 Å². The van der Waals surface area contributed by atoms with Gasteiger partial charge in [-0.25, -0.2) is 4.98 Å². The van der Waals surface area contributed by atoms with Crippen molar-refractivity contribution in [3.8, 4) is 0 Å². The summed E-state index contributed by atoms with van der Waals surface area (Å²) < 4.78 is 0. The van der Waals surface area contributed by atoms with Crippen molar-refractivity contribution in [2.45, 2.75) is 25.8 Å². The molecule has 2 aromatic carbocycles. The lowest BCUT2D eigenvalue weighted by Crippen LogP contribution is -2.42. The van der Waals surface area contributed by atoms with Gasteiger partial charge in [-0.15, -0.1) is 0 Å². The number of para-hydroxylation sites is 3. The van der Waals surface area contributed by atoms with Gasteiger partial charge in [0.25, 0.3) is 5.91 Å². The molecule has 1 amide bonds. The van der Waals surface area contributed by atoms with E-state index in [1.165, 1.54) is 5.56 Å². The molecule has 1 aliphatic rings. The first kappa shape index (κ1) is 13.9. The molecule has 1 aromatic heterocycles. The van der Waals surface area contributed by atoms with Gasteiger partial charge in [-0.2, -0.15) is 0 Å². The van der Waals surface area contributed by atoms with Crippen LogP contribution in [0.15, 0.2) is 54.7 Å². The standard InChI is InChI=1S/C19H17N3O/c1-13-10-11-14-6-2-5-9-18(14)22(13)19(23)17-12-20-15-7-3-4-8-16(15)21-17/h2-9,12-13H,10-11H2,1H3/t13-/m1/s1. The Balaban J connectivity index is 1.78. The fourth-order valence-electron chi connectivity index (χ4n) is 3.18. The number of nitrogens with zero attached hydrogens (tertiary/aromatic N) is 3.